The molecule has 1 fully saturated rings. The Labute approximate surface area is 132 Å². The molecule has 0 aliphatic carbocycles. The number of benzene rings is 1. The summed E-state index contributed by atoms with van der Waals surface area (Å²) in [7, 11) is 0. The number of hydrogen-bond donors (Lipinski definition) is 2. The summed E-state index contributed by atoms with van der Waals surface area (Å²) in [6, 6.07) is 5.42. The molecule has 1 aliphatic rings. The van der Waals surface area contributed by atoms with Gasteiger partial charge in [-0.15, -0.1) is 0 Å². The minimum absolute atomic E-state index is 0.181. The minimum atomic E-state index is -0.278. The maximum atomic E-state index is 12.0. The Hall–Kier alpha value is -2.04. The van der Waals surface area contributed by atoms with Gasteiger partial charge >= 0.3 is 6.03 Å². The number of urea groups is 1. The molecule has 0 radical (unpaired) electrons. The lowest BCUT2D eigenvalue weighted by molar-refractivity contribution is -0.119. The highest BCUT2D eigenvalue weighted by Crippen LogP contribution is 2.27. The van der Waals surface area contributed by atoms with Crippen molar-refractivity contribution in [1.29, 1.82) is 0 Å². The van der Waals surface area contributed by atoms with Gasteiger partial charge in [0, 0.05) is 29.9 Å². The second-order valence-electron chi connectivity index (χ2n) is 6.83. The van der Waals surface area contributed by atoms with E-state index < -0.39 is 0 Å². The lowest BCUT2D eigenvalue weighted by atomic mass is 10.1. The molecule has 0 bridgehead atoms. The highest BCUT2D eigenvalue weighted by atomic mass is 16.2. The standard InChI is InChI=1S/C17H25N3O2/c1-12-11-13(18-16(22)19-17(2,3)4)8-9-14(12)20-10-6-5-7-15(20)21/h8-9,11H,5-7,10H2,1-4H3,(H2,18,19,22). The molecule has 0 aromatic heterocycles. The molecular formula is C17H25N3O2. The Morgan fingerprint density at radius 3 is 2.55 bits per heavy atom. The van der Waals surface area contributed by atoms with Crippen LogP contribution in [0.1, 0.15) is 45.6 Å². The topological polar surface area (TPSA) is 61.4 Å². The van der Waals surface area contributed by atoms with Gasteiger partial charge in [0.15, 0.2) is 0 Å². The molecule has 2 N–H and O–H groups in total. The van der Waals surface area contributed by atoms with E-state index >= 15 is 0 Å². The first-order chi connectivity index (χ1) is 10.3. The van der Waals surface area contributed by atoms with E-state index in [1.807, 2.05) is 50.8 Å². The van der Waals surface area contributed by atoms with Gasteiger partial charge in [-0.2, -0.15) is 0 Å². The fourth-order valence-electron chi connectivity index (χ4n) is 2.60. The molecule has 5 nitrogen and oxygen atoms in total. The molecule has 1 aliphatic heterocycles. The van der Waals surface area contributed by atoms with Crippen LogP contribution in [0.5, 0.6) is 0 Å². The molecule has 1 aromatic carbocycles. The summed E-state index contributed by atoms with van der Waals surface area (Å²) in [5, 5.41) is 5.68. The summed E-state index contributed by atoms with van der Waals surface area (Å²) in [6.07, 6.45) is 2.63. The smallest absolute Gasteiger partial charge is 0.319 e. The van der Waals surface area contributed by atoms with Crippen LogP contribution in [0.15, 0.2) is 18.2 Å². The molecule has 0 unspecified atom stereocenters. The van der Waals surface area contributed by atoms with Crippen molar-refractivity contribution in [3.05, 3.63) is 23.8 Å². The predicted molar refractivity (Wildman–Crippen MR) is 89.3 cm³/mol. The van der Waals surface area contributed by atoms with E-state index in [2.05, 4.69) is 10.6 Å². The van der Waals surface area contributed by atoms with Gasteiger partial charge in [-0.05, 0) is 64.3 Å². The molecule has 120 valence electrons. The number of nitrogens with zero attached hydrogens (tertiary/aromatic N) is 1. The van der Waals surface area contributed by atoms with E-state index in [-0.39, 0.29) is 17.5 Å². The summed E-state index contributed by atoms with van der Waals surface area (Å²) in [5.41, 5.74) is 2.38. The molecule has 3 amide bonds. The summed E-state index contributed by atoms with van der Waals surface area (Å²) in [4.78, 5) is 25.7. The molecule has 0 spiro atoms. The van der Waals surface area contributed by atoms with Crippen LogP contribution in [0.3, 0.4) is 0 Å². The van der Waals surface area contributed by atoms with Crippen LogP contribution >= 0.6 is 0 Å². The van der Waals surface area contributed by atoms with Crippen molar-refractivity contribution >= 4 is 23.3 Å². The summed E-state index contributed by atoms with van der Waals surface area (Å²) in [6.45, 7) is 8.54. The molecule has 22 heavy (non-hydrogen) atoms. The van der Waals surface area contributed by atoms with E-state index in [0.717, 1.165) is 36.3 Å². The number of carbonyl (C=O) groups is 2. The third-order valence-corrected chi connectivity index (χ3v) is 3.56. The van der Waals surface area contributed by atoms with Crippen molar-refractivity contribution < 1.29 is 9.59 Å². The second-order valence-corrected chi connectivity index (χ2v) is 6.83. The van der Waals surface area contributed by atoms with Crippen LogP contribution in [0.25, 0.3) is 0 Å². The number of piperidine rings is 1. The van der Waals surface area contributed by atoms with Crippen molar-refractivity contribution in [2.75, 3.05) is 16.8 Å². The van der Waals surface area contributed by atoms with E-state index in [4.69, 9.17) is 0 Å². The van der Waals surface area contributed by atoms with E-state index in [0.29, 0.717) is 6.42 Å². The van der Waals surface area contributed by atoms with E-state index in [9.17, 15) is 9.59 Å². The largest absolute Gasteiger partial charge is 0.333 e. The number of rotatable bonds is 2. The maximum Gasteiger partial charge on any atom is 0.319 e. The number of aryl methyl sites for hydroxylation is 1. The SMILES string of the molecule is Cc1cc(NC(=O)NC(C)(C)C)ccc1N1CCCCC1=O. The fourth-order valence-corrected chi connectivity index (χ4v) is 2.60. The third-order valence-electron chi connectivity index (χ3n) is 3.56. The van der Waals surface area contributed by atoms with Crippen molar-refractivity contribution in [3.8, 4) is 0 Å². The number of carbonyl (C=O) groups excluding carboxylic acids is 2. The molecule has 1 aromatic rings. The van der Waals surface area contributed by atoms with Gasteiger partial charge in [-0.3, -0.25) is 4.79 Å². The van der Waals surface area contributed by atoms with Crippen molar-refractivity contribution in [3.63, 3.8) is 0 Å². The van der Waals surface area contributed by atoms with Crippen molar-refractivity contribution in [1.82, 2.24) is 5.32 Å². The molecular weight excluding hydrogens is 278 g/mol. The van der Waals surface area contributed by atoms with Crippen LogP contribution in [-0.2, 0) is 4.79 Å². The zero-order chi connectivity index (χ0) is 16.3. The first kappa shape index (κ1) is 16.3. The first-order valence-electron chi connectivity index (χ1n) is 7.76. The zero-order valence-electron chi connectivity index (χ0n) is 13.8. The van der Waals surface area contributed by atoms with Gasteiger partial charge in [0.2, 0.25) is 5.91 Å². The van der Waals surface area contributed by atoms with Gasteiger partial charge in [-0.1, -0.05) is 0 Å². The summed E-state index contributed by atoms with van der Waals surface area (Å²) < 4.78 is 0. The number of amides is 3. The Bertz CT molecular complexity index is 576. The molecule has 1 saturated heterocycles. The number of anilines is 2. The van der Waals surface area contributed by atoms with Crippen molar-refractivity contribution in [2.45, 2.75) is 52.5 Å². The number of nitrogens with one attached hydrogen (secondary N) is 2. The van der Waals surface area contributed by atoms with Gasteiger partial charge in [0.05, 0.1) is 0 Å². The van der Waals surface area contributed by atoms with Crippen LogP contribution in [0.2, 0.25) is 0 Å². The van der Waals surface area contributed by atoms with Crippen LogP contribution in [0.4, 0.5) is 16.2 Å². The van der Waals surface area contributed by atoms with Crippen LogP contribution in [-0.4, -0.2) is 24.0 Å². The highest BCUT2D eigenvalue weighted by Gasteiger charge is 2.21. The van der Waals surface area contributed by atoms with Crippen molar-refractivity contribution in [2.24, 2.45) is 0 Å². The van der Waals surface area contributed by atoms with E-state index in [1.54, 1.807) is 0 Å². The molecule has 1 heterocycles. The average Bonchev–Trinajstić information content (AvgIpc) is 2.38. The molecule has 2 rings (SSSR count). The van der Waals surface area contributed by atoms with Gasteiger partial charge in [0.1, 0.15) is 0 Å². The molecule has 0 atom stereocenters. The minimum Gasteiger partial charge on any atom is -0.333 e. The summed E-state index contributed by atoms with van der Waals surface area (Å²) in [5.74, 6) is 0.181. The van der Waals surface area contributed by atoms with Crippen LogP contribution in [0, 0.1) is 6.92 Å². The Kier molecular flexibility index (Phi) is 4.74. The normalized spacial score (nSPS) is 15.6. The first-order valence-corrected chi connectivity index (χ1v) is 7.76. The molecule has 5 heteroatoms. The third kappa shape index (κ3) is 4.23. The van der Waals surface area contributed by atoms with E-state index in [1.165, 1.54) is 0 Å². The lowest BCUT2D eigenvalue weighted by Gasteiger charge is -2.28. The zero-order valence-corrected chi connectivity index (χ0v) is 13.8. The van der Waals surface area contributed by atoms with Gasteiger partial charge in [-0.25, -0.2) is 4.79 Å². The predicted octanol–water partition coefficient (Wildman–Crippen LogP) is 3.43. The lowest BCUT2D eigenvalue weighted by Crippen LogP contribution is -2.43. The molecule has 0 saturated carbocycles. The Balaban J connectivity index is 2.09. The Morgan fingerprint density at radius 2 is 1.95 bits per heavy atom. The van der Waals surface area contributed by atoms with Gasteiger partial charge in [0.25, 0.3) is 0 Å². The van der Waals surface area contributed by atoms with Crippen LogP contribution < -0.4 is 15.5 Å². The quantitative estimate of drug-likeness (QED) is 0.879. The fraction of sp³-hybridized carbons (Fsp3) is 0.529. The maximum absolute atomic E-state index is 12.0. The monoisotopic (exact) mass is 303 g/mol. The second kappa shape index (κ2) is 6.38. The highest BCUT2D eigenvalue weighted by molar-refractivity contribution is 5.95. The average molecular weight is 303 g/mol. The summed E-state index contributed by atoms with van der Waals surface area (Å²) >= 11 is 0. The number of hydrogen-bond acceptors (Lipinski definition) is 2. The Morgan fingerprint density at radius 1 is 1.23 bits per heavy atom. The van der Waals surface area contributed by atoms with Gasteiger partial charge < -0.3 is 15.5 Å².